The molecular weight excluding hydrogens is 326 g/mol. The molecular formula is C18H30BrNO. The van der Waals surface area contributed by atoms with Gasteiger partial charge < -0.3 is 10.1 Å². The van der Waals surface area contributed by atoms with Crippen LogP contribution >= 0.6 is 15.9 Å². The number of rotatable bonds is 11. The zero-order valence-corrected chi connectivity index (χ0v) is 15.3. The van der Waals surface area contributed by atoms with Gasteiger partial charge in [0.2, 0.25) is 0 Å². The van der Waals surface area contributed by atoms with Crippen LogP contribution < -0.4 is 10.1 Å². The molecule has 1 aromatic carbocycles. The maximum atomic E-state index is 5.28. The van der Waals surface area contributed by atoms with E-state index in [9.17, 15) is 0 Å². The molecule has 21 heavy (non-hydrogen) atoms. The zero-order valence-electron chi connectivity index (χ0n) is 13.8. The normalized spacial score (nSPS) is 12.4. The minimum Gasteiger partial charge on any atom is -0.497 e. The number of unbranched alkanes of at least 4 members (excludes halogenated alkanes) is 5. The number of halogens is 1. The SMILES string of the molecule is CCCCCCCCC(NCC)c1ccc(OC)cc1Br. The van der Waals surface area contributed by atoms with Gasteiger partial charge in [0.05, 0.1) is 7.11 Å². The molecule has 0 aliphatic heterocycles. The first kappa shape index (κ1) is 18.5. The average molecular weight is 356 g/mol. The standard InChI is InChI=1S/C18H30BrNO/c1-4-6-7-8-9-10-11-18(20-5-2)16-13-12-15(21-3)14-17(16)19/h12-14,18,20H,4-11H2,1-3H3. The highest BCUT2D eigenvalue weighted by Crippen LogP contribution is 2.30. The van der Waals surface area contributed by atoms with Gasteiger partial charge in [-0.2, -0.15) is 0 Å². The third-order valence-corrected chi connectivity index (χ3v) is 4.57. The molecule has 1 unspecified atom stereocenters. The van der Waals surface area contributed by atoms with E-state index in [1.807, 2.05) is 6.07 Å². The summed E-state index contributed by atoms with van der Waals surface area (Å²) in [5, 5.41) is 3.61. The minimum atomic E-state index is 0.432. The lowest BCUT2D eigenvalue weighted by atomic mass is 9.99. The first-order valence-electron chi connectivity index (χ1n) is 8.29. The largest absolute Gasteiger partial charge is 0.497 e. The van der Waals surface area contributed by atoms with E-state index in [1.165, 1.54) is 50.5 Å². The van der Waals surface area contributed by atoms with Gasteiger partial charge in [0, 0.05) is 10.5 Å². The van der Waals surface area contributed by atoms with Crippen LogP contribution in [0.25, 0.3) is 0 Å². The Bertz CT molecular complexity index is 395. The van der Waals surface area contributed by atoms with E-state index in [1.54, 1.807) is 7.11 Å². The Kier molecular flexibility index (Phi) is 9.77. The molecule has 120 valence electrons. The Morgan fingerprint density at radius 1 is 1.10 bits per heavy atom. The predicted octanol–water partition coefficient (Wildman–Crippen LogP) is 5.86. The monoisotopic (exact) mass is 355 g/mol. The second kappa shape index (κ2) is 11.1. The van der Waals surface area contributed by atoms with E-state index in [0.717, 1.165) is 16.8 Å². The van der Waals surface area contributed by atoms with Crippen LogP contribution in [0.15, 0.2) is 22.7 Å². The maximum Gasteiger partial charge on any atom is 0.120 e. The third kappa shape index (κ3) is 6.84. The molecule has 0 saturated carbocycles. The van der Waals surface area contributed by atoms with Gasteiger partial charge in [-0.1, -0.05) is 74.4 Å². The quantitative estimate of drug-likeness (QED) is 0.502. The van der Waals surface area contributed by atoms with Crippen LogP contribution in [0, 0.1) is 0 Å². The summed E-state index contributed by atoms with van der Waals surface area (Å²) in [6.07, 6.45) is 9.28. The lowest BCUT2D eigenvalue weighted by Crippen LogP contribution is -2.21. The smallest absolute Gasteiger partial charge is 0.120 e. The fourth-order valence-corrected chi connectivity index (χ4v) is 3.29. The van der Waals surface area contributed by atoms with Gasteiger partial charge in [-0.25, -0.2) is 0 Å². The van der Waals surface area contributed by atoms with E-state index in [-0.39, 0.29) is 0 Å². The summed E-state index contributed by atoms with van der Waals surface area (Å²) < 4.78 is 6.41. The Morgan fingerprint density at radius 2 is 1.81 bits per heavy atom. The van der Waals surface area contributed by atoms with Crippen molar-refractivity contribution in [3.8, 4) is 5.75 Å². The summed E-state index contributed by atoms with van der Waals surface area (Å²) in [5.74, 6) is 0.903. The van der Waals surface area contributed by atoms with Crippen molar-refractivity contribution in [3.63, 3.8) is 0 Å². The lowest BCUT2D eigenvalue weighted by Gasteiger charge is -2.20. The highest BCUT2D eigenvalue weighted by Gasteiger charge is 2.13. The Labute approximate surface area is 138 Å². The van der Waals surface area contributed by atoms with Crippen molar-refractivity contribution in [1.82, 2.24) is 5.32 Å². The zero-order chi connectivity index (χ0) is 15.5. The Hall–Kier alpha value is -0.540. The van der Waals surface area contributed by atoms with Gasteiger partial charge in [0.25, 0.3) is 0 Å². The molecule has 0 fully saturated rings. The number of ether oxygens (including phenoxy) is 1. The number of nitrogens with one attached hydrogen (secondary N) is 1. The van der Waals surface area contributed by atoms with Crippen molar-refractivity contribution in [3.05, 3.63) is 28.2 Å². The molecule has 0 heterocycles. The first-order valence-corrected chi connectivity index (χ1v) is 9.09. The topological polar surface area (TPSA) is 21.3 Å². The van der Waals surface area contributed by atoms with E-state index >= 15 is 0 Å². The van der Waals surface area contributed by atoms with Crippen molar-refractivity contribution in [2.45, 2.75) is 64.8 Å². The van der Waals surface area contributed by atoms with Crippen LogP contribution in [0.4, 0.5) is 0 Å². The third-order valence-electron chi connectivity index (χ3n) is 3.88. The van der Waals surface area contributed by atoms with Crippen molar-refractivity contribution in [1.29, 1.82) is 0 Å². The minimum absolute atomic E-state index is 0.432. The highest BCUT2D eigenvalue weighted by atomic mass is 79.9. The maximum absolute atomic E-state index is 5.28. The van der Waals surface area contributed by atoms with Crippen molar-refractivity contribution < 1.29 is 4.74 Å². The van der Waals surface area contributed by atoms with Crippen molar-refractivity contribution >= 4 is 15.9 Å². The van der Waals surface area contributed by atoms with E-state index in [2.05, 4.69) is 47.2 Å². The van der Waals surface area contributed by atoms with Crippen LogP contribution in [0.2, 0.25) is 0 Å². The van der Waals surface area contributed by atoms with Crippen LogP contribution in [0.5, 0.6) is 5.75 Å². The Morgan fingerprint density at radius 3 is 2.43 bits per heavy atom. The molecule has 0 spiro atoms. The molecule has 0 bridgehead atoms. The number of hydrogen-bond acceptors (Lipinski definition) is 2. The van der Waals surface area contributed by atoms with Crippen LogP contribution in [-0.4, -0.2) is 13.7 Å². The van der Waals surface area contributed by atoms with Gasteiger partial charge in [-0.15, -0.1) is 0 Å². The molecule has 1 aromatic rings. The fourth-order valence-electron chi connectivity index (χ4n) is 2.66. The van der Waals surface area contributed by atoms with Gasteiger partial charge >= 0.3 is 0 Å². The molecule has 3 heteroatoms. The predicted molar refractivity (Wildman–Crippen MR) is 95.1 cm³/mol. The number of hydrogen-bond donors (Lipinski definition) is 1. The molecule has 1 atom stereocenters. The fraction of sp³-hybridized carbons (Fsp3) is 0.667. The van der Waals surface area contributed by atoms with Gasteiger partial charge in [0.15, 0.2) is 0 Å². The van der Waals surface area contributed by atoms with Crippen LogP contribution in [-0.2, 0) is 0 Å². The summed E-state index contributed by atoms with van der Waals surface area (Å²) in [5.41, 5.74) is 1.34. The second-order valence-corrected chi connectivity index (χ2v) is 6.41. The van der Waals surface area contributed by atoms with E-state index < -0.39 is 0 Å². The van der Waals surface area contributed by atoms with Crippen LogP contribution in [0.1, 0.15) is 70.4 Å². The summed E-state index contributed by atoms with van der Waals surface area (Å²) in [6, 6.07) is 6.71. The summed E-state index contributed by atoms with van der Waals surface area (Å²) >= 11 is 3.68. The number of methoxy groups -OCH3 is 1. The molecule has 0 radical (unpaired) electrons. The van der Waals surface area contributed by atoms with Crippen molar-refractivity contribution in [2.75, 3.05) is 13.7 Å². The summed E-state index contributed by atoms with van der Waals surface area (Å²) in [7, 11) is 1.71. The lowest BCUT2D eigenvalue weighted by molar-refractivity contribution is 0.413. The first-order chi connectivity index (χ1) is 10.2. The van der Waals surface area contributed by atoms with Crippen LogP contribution in [0.3, 0.4) is 0 Å². The highest BCUT2D eigenvalue weighted by molar-refractivity contribution is 9.10. The summed E-state index contributed by atoms with van der Waals surface area (Å²) in [4.78, 5) is 0. The van der Waals surface area contributed by atoms with Crippen molar-refractivity contribution in [2.24, 2.45) is 0 Å². The second-order valence-electron chi connectivity index (χ2n) is 5.55. The molecule has 0 aromatic heterocycles. The Balaban J connectivity index is 2.52. The summed E-state index contributed by atoms with van der Waals surface area (Å²) in [6.45, 7) is 5.44. The molecule has 1 N–H and O–H groups in total. The molecule has 0 saturated heterocycles. The molecule has 1 rings (SSSR count). The van der Waals surface area contributed by atoms with Gasteiger partial charge in [0.1, 0.15) is 5.75 Å². The average Bonchev–Trinajstić information content (AvgIpc) is 2.49. The number of benzene rings is 1. The molecule has 0 aliphatic rings. The molecule has 0 aliphatic carbocycles. The molecule has 0 amide bonds. The van der Waals surface area contributed by atoms with E-state index in [4.69, 9.17) is 4.74 Å². The molecule has 2 nitrogen and oxygen atoms in total. The van der Waals surface area contributed by atoms with E-state index in [0.29, 0.717) is 6.04 Å². The van der Waals surface area contributed by atoms with Gasteiger partial charge in [-0.05, 0) is 30.7 Å². The van der Waals surface area contributed by atoms with Gasteiger partial charge in [-0.3, -0.25) is 0 Å².